The number of carbonyl (C=O) groups excluding carboxylic acids is 1. The number of aliphatic imine (C=N–C) groups is 1. The summed E-state index contributed by atoms with van der Waals surface area (Å²) in [7, 11) is 0. The Hall–Kier alpha value is -0.900. The van der Waals surface area contributed by atoms with Crippen LogP contribution in [0.15, 0.2) is 27.3 Å². The first-order valence-electron chi connectivity index (χ1n) is 3.61. The molecule has 0 N–H and O–H groups in total. The van der Waals surface area contributed by atoms with Crippen LogP contribution in [0.5, 0.6) is 0 Å². The van der Waals surface area contributed by atoms with Crippen molar-refractivity contribution >= 4 is 27.7 Å². The number of fused-ring (bicyclic) bond motifs is 1. The Morgan fingerprint density at radius 1 is 1.67 bits per heavy atom. The lowest BCUT2D eigenvalue weighted by atomic mass is 10.2. The number of rotatable bonds is 0. The molecule has 0 atom stereocenters. The normalized spacial score (nSPS) is 21.7. The lowest BCUT2D eigenvalue weighted by molar-refractivity contribution is -0.116. The Labute approximate surface area is 78.6 Å². The summed E-state index contributed by atoms with van der Waals surface area (Å²) in [6, 6.07) is 0. The number of nitrogens with zero attached hydrogens (tertiary/aromatic N) is 2. The zero-order valence-electron chi connectivity index (χ0n) is 6.54. The number of allylic oxidation sites excluding steroid dienone is 2. The molecule has 0 saturated carbocycles. The summed E-state index contributed by atoms with van der Waals surface area (Å²) in [5, 5.41) is 0. The molecule has 1 amide bonds. The van der Waals surface area contributed by atoms with Gasteiger partial charge in [0.1, 0.15) is 12.4 Å². The zero-order valence-corrected chi connectivity index (χ0v) is 8.13. The number of amides is 1. The molecular formula is C8H7BrN2O. The van der Waals surface area contributed by atoms with Crippen LogP contribution in [-0.4, -0.2) is 23.2 Å². The van der Waals surface area contributed by atoms with E-state index in [0.717, 1.165) is 15.9 Å². The SMILES string of the molecule is CC1=CC2=NC(=O)CN2C=C1Br. The van der Waals surface area contributed by atoms with Crippen molar-refractivity contribution in [3.8, 4) is 0 Å². The fraction of sp³-hybridized carbons (Fsp3) is 0.250. The average molecular weight is 227 g/mol. The Balaban J connectivity index is 2.41. The van der Waals surface area contributed by atoms with E-state index >= 15 is 0 Å². The average Bonchev–Trinajstić information content (AvgIpc) is 2.30. The summed E-state index contributed by atoms with van der Waals surface area (Å²) in [5.41, 5.74) is 1.10. The van der Waals surface area contributed by atoms with Crippen LogP contribution in [0.25, 0.3) is 0 Å². The van der Waals surface area contributed by atoms with Crippen molar-refractivity contribution in [2.45, 2.75) is 6.92 Å². The highest BCUT2D eigenvalue weighted by atomic mass is 79.9. The molecule has 0 saturated heterocycles. The van der Waals surface area contributed by atoms with E-state index in [0.29, 0.717) is 6.54 Å². The second-order valence-electron chi connectivity index (χ2n) is 2.80. The Kier molecular flexibility index (Phi) is 1.65. The maximum atomic E-state index is 10.9. The molecule has 12 heavy (non-hydrogen) atoms. The Morgan fingerprint density at radius 2 is 2.42 bits per heavy atom. The van der Waals surface area contributed by atoms with E-state index in [1.807, 2.05) is 24.1 Å². The molecule has 4 heteroatoms. The summed E-state index contributed by atoms with van der Waals surface area (Å²) in [6.07, 6.45) is 3.79. The van der Waals surface area contributed by atoms with Crippen LogP contribution in [0.3, 0.4) is 0 Å². The minimum atomic E-state index is -0.0764. The number of carbonyl (C=O) groups is 1. The van der Waals surface area contributed by atoms with Gasteiger partial charge in [-0.05, 0) is 34.5 Å². The highest BCUT2D eigenvalue weighted by Crippen LogP contribution is 2.24. The maximum Gasteiger partial charge on any atom is 0.267 e. The van der Waals surface area contributed by atoms with E-state index in [4.69, 9.17) is 0 Å². The van der Waals surface area contributed by atoms with Crippen LogP contribution in [0.2, 0.25) is 0 Å². The molecule has 2 aliphatic rings. The first-order valence-corrected chi connectivity index (χ1v) is 4.40. The van der Waals surface area contributed by atoms with Crippen LogP contribution in [0.4, 0.5) is 0 Å². The van der Waals surface area contributed by atoms with Crippen LogP contribution in [0.1, 0.15) is 6.92 Å². The minimum Gasteiger partial charge on any atom is -0.322 e. The quantitative estimate of drug-likeness (QED) is 0.626. The van der Waals surface area contributed by atoms with E-state index in [1.165, 1.54) is 0 Å². The standard InChI is InChI=1S/C8H7BrN2O/c1-5-2-7-10-8(12)4-11(7)3-6(5)9/h2-3H,4H2,1H3. The van der Waals surface area contributed by atoms with Crippen LogP contribution >= 0.6 is 15.9 Å². The summed E-state index contributed by atoms with van der Waals surface area (Å²) >= 11 is 3.39. The lowest BCUT2D eigenvalue weighted by Crippen LogP contribution is -2.24. The van der Waals surface area contributed by atoms with E-state index in [9.17, 15) is 4.79 Å². The molecule has 0 radical (unpaired) electrons. The molecule has 0 spiro atoms. The van der Waals surface area contributed by atoms with E-state index in [1.54, 1.807) is 0 Å². The third-order valence-corrected chi connectivity index (χ3v) is 2.66. The van der Waals surface area contributed by atoms with Gasteiger partial charge in [-0.3, -0.25) is 4.79 Å². The molecule has 0 aromatic carbocycles. The number of hydrogen-bond acceptors (Lipinski definition) is 2. The molecule has 0 aromatic rings. The van der Waals surface area contributed by atoms with Crippen molar-refractivity contribution < 1.29 is 4.79 Å². The topological polar surface area (TPSA) is 32.7 Å². The van der Waals surface area contributed by atoms with Gasteiger partial charge in [0, 0.05) is 10.7 Å². The largest absolute Gasteiger partial charge is 0.322 e. The van der Waals surface area contributed by atoms with Crippen molar-refractivity contribution in [1.29, 1.82) is 0 Å². The van der Waals surface area contributed by atoms with Crippen LogP contribution in [0, 0.1) is 0 Å². The first kappa shape index (κ1) is 7.73. The summed E-state index contributed by atoms with van der Waals surface area (Å²) in [6.45, 7) is 2.34. The maximum absolute atomic E-state index is 10.9. The van der Waals surface area contributed by atoms with Gasteiger partial charge in [-0.15, -0.1) is 0 Å². The predicted molar refractivity (Wildman–Crippen MR) is 49.9 cm³/mol. The van der Waals surface area contributed by atoms with Gasteiger partial charge in [-0.25, -0.2) is 0 Å². The molecule has 2 heterocycles. The molecule has 0 bridgehead atoms. The molecule has 62 valence electrons. The van der Waals surface area contributed by atoms with Crippen molar-refractivity contribution in [3.05, 3.63) is 22.3 Å². The molecule has 2 rings (SSSR count). The van der Waals surface area contributed by atoms with E-state index < -0.39 is 0 Å². The van der Waals surface area contributed by atoms with Crippen molar-refractivity contribution in [1.82, 2.24) is 4.90 Å². The van der Waals surface area contributed by atoms with Crippen LogP contribution < -0.4 is 0 Å². The van der Waals surface area contributed by atoms with Crippen molar-refractivity contribution in [3.63, 3.8) is 0 Å². The summed E-state index contributed by atoms with van der Waals surface area (Å²) in [4.78, 5) is 16.6. The molecule has 2 aliphatic heterocycles. The fourth-order valence-corrected chi connectivity index (χ4v) is 1.54. The van der Waals surface area contributed by atoms with Gasteiger partial charge in [0.05, 0.1) is 0 Å². The molecule has 3 nitrogen and oxygen atoms in total. The van der Waals surface area contributed by atoms with Gasteiger partial charge in [0.15, 0.2) is 0 Å². The van der Waals surface area contributed by atoms with Crippen molar-refractivity contribution in [2.75, 3.05) is 6.54 Å². The van der Waals surface area contributed by atoms with Gasteiger partial charge in [0.2, 0.25) is 0 Å². The highest BCUT2D eigenvalue weighted by Gasteiger charge is 2.23. The highest BCUT2D eigenvalue weighted by molar-refractivity contribution is 9.12. The van der Waals surface area contributed by atoms with Gasteiger partial charge in [-0.1, -0.05) is 0 Å². The smallest absolute Gasteiger partial charge is 0.267 e. The molecular weight excluding hydrogens is 220 g/mol. The lowest BCUT2D eigenvalue weighted by Gasteiger charge is -2.18. The summed E-state index contributed by atoms with van der Waals surface area (Å²) < 4.78 is 1.01. The van der Waals surface area contributed by atoms with Gasteiger partial charge in [-0.2, -0.15) is 4.99 Å². The van der Waals surface area contributed by atoms with Gasteiger partial charge in [0.25, 0.3) is 5.91 Å². The fourth-order valence-electron chi connectivity index (χ4n) is 1.18. The number of halogens is 1. The van der Waals surface area contributed by atoms with Crippen LogP contribution in [-0.2, 0) is 4.79 Å². The third kappa shape index (κ3) is 1.12. The molecule has 0 aromatic heterocycles. The molecule has 0 aliphatic carbocycles. The molecule has 0 unspecified atom stereocenters. The number of amidine groups is 1. The second-order valence-corrected chi connectivity index (χ2v) is 3.65. The third-order valence-electron chi connectivity index (χ3n) is 1.83. The summed E-state index contributed by atoms with van der Waals surface area (Å²) in [5.74, 6) is 0.674. The second kappa shape index (κ2) is 2.55. The minimum absolute atomic E-state index is 0.0764. The first-order chi connectivity index (χ1) is 5.66. The van der Waals surface area contributed by atoms with Gasteiger partial charge >= 0.3 is 0 Å². The molecule has 0 fully saturated rings. The number of hydrogen-bond donors (Lipinski definition) is 0. The van der Waals surface area contributed by atoms with E-state index in [2.05, 4.69) is 20.9 Å². The Bertz CT molecular complexity index is 341. The van der Waals surface area contributed by atoms with Crippen molar-refractivity contribution in [2.24, 2.45) is 4.99 Å². The predicted octanol–water partition coefficient (Wildman–Crippen LogP) is 1.42. The zero-order chi connectivity index (χ0) is 8.72. The van der Waals surface area contributed by atoms with E-state index in [-0.39, 0.29) is 5.91 Å². The monoisotopic (exact) mass is 226 g/mol. The van der Waals surface area contributed by atoms with Gasteiger partial charge < -0.3 is 4.90 Å². The Morgan fingerprint density at radius 3 is 3.17 bits per heavy atom.